The van der Waals surface area contributed by atoms with Gasteiger partial charge in [-0.05, 0) is 13.3 Å². The van der Waals surface area contributed by atoms with Crippen LogP contribution in [0.2, 0.25) is 0 Å². The molecule has 0 aliphatic carbocycles. The molecule has 0 amide bonds. The Bertz CT molecular complexity index is 279. The molecule has 6 nitrogen and oxygen atoms in total. The molecule has 0 aliphatic heterocycles. The lowest BCUT2D eigenvalue weighted by Crippen LogP contribution is -2.41. The number of guanidine groups is 1. The van der Waals surface area contributed by atoms with Gasteiger partial charge >= 0.3 is 0 Å². The number of hydrazine groups is 1. The van der Waals surface area contributed by atoms with Crippen molar-refractivity contribution in [3.05, 3.63) is 18.2 Å². The van der Waals surface area contributed by atoms with E-state index in [1.54, 1.807) is 6.20 Å². The topological polar surface area (TPSA) is 91.1 Å². The molecule has 1 aromatic rings. The summed E-state index contributed by atoms with van der Waals surface area (Å²) in [6, 6.07) is 0. The van der Waals surface area contributed by atoms with Crippen LogP contribution in [0.1, 0.15) is 19.2 Å². The Kier molecular flexibility index (Phi) is 5.24. The van der Waals surface area contributed by atoms with E-state index in [0.717, 1.165) is 31.8 Å². The van der Waals surface area contributed by atoms with E-state index in [9.17, 15) is 0 Å². The molecule has 0 atom stereocenters. The molecule has 0 aromatic carbocycles. The Labute approximate surface area is 89.4 Å². The van der Waals surface area contributed by atoms with Crippen molar-refractivity contribution in [2.24, 2.45) is 10.8 Å². The molecule has 0 saturated carbocycles. The number of nitrogens with two attached hydrogens (primary N) is 1. The van der Waals surface area contributed by atoms with Gasteiger partial charge in [0, 0.05) is 31.9 Å². The fourth-order valence-electron chi connectivity index (χ4n) is 1.19. The summed E-state index contributed by atoms with van der Waals surface area (Å²) in [5.41, 5.74) is 2.51. The SMILES string of the molecule is CCNC(=NCCCc1ncc[nH]1)NN. The minimum absolute atomic E-state index is 0.636. The summed E-state index contributed by atoms with van der Waals surface area (Å²) in [5, 5.41) is 3.02. The van der Waals surface area contributed by atoms with Crippen LogP contribution in [-0.2, 0) is 6.42 Å². The maximum absolute atomic E-state index is 5.27. The fraction of sp³-hybridized carbons (Fsp3) is 0.556. The van der Waals surface area contributed by atoms with Crippen LogP contribution in [0.5, 0.6) is 0 Å². The van der Waals surface area contributed by atoms with Crippen molar-refractivity contribution >= 4 is 5.96 Å². The van der Waals surface area contributed by atoms with Gasteiger partial charge < -0.3 is 10.3 Å². The summed E-state index contributed by atoms with van der Waals surface area (Å²) in [7, 11) is 0. The number of aryl methyl sites for hydroxylation is 1. The van der Waals surface area contributed by atoms with Crippen LogP contribution >= 0.6 is 0 Å². The van der Waals surface area contributed by atoms with Gasteiger partial charge in [-0.25, -0.2) is 10.8 Å². The molecule has 15 heavy (non-hydrogen) atoms. The first-order valence-corrected chi connectivity index (χ1v) is 5.10. The Hall–Kier alpha value is -1.56. The van der Waals surface area contributed by atoms with Gasteiger partial charge in [-0.2, -0.15) is 0 Å². The molecule has 0 saturated heterocycles. The van der Waals surface area contributed by atoms with Crippen molar-refractivity contribution in [3.63, 3.8) is 0 Å². The maximum Gasteiger partial charge on any atom is 0.205 e. The second-order valence-electron chi connectivity index (χ2n) is 3.04. The highest BCUT2D eigenvalue weighted by Gasteiger charge is 1.95. The summed E-state index contributed by atoms with van der Waals surface area (Å²) in [4.78, 5) is 11.4. The molecule has 0 fully saturated rings. The molecule has 5 N–H and O–H groups in total. The summed E-state index contributed by atoms with van der Waals surface area (Å²) in [6.07, 6.45) is 5.43. The van der Waals surface area contributed by atoms with Crippen LogP contribution in [0.4, 0.5) is 0 Å². The molecule has 0 unspecified atom stereocenters. The van der Waals surface area contributed by atoms with Gasteiger partial charge in [-0.1, -0.05) is 0 Å². The van der Waals surface area contributed by atoms with E-state index < -0.39 is 0 Å². The van der Waals surface area contributed by atoms with E-state index in [-0.39, 0.29) is 0 Å². The quantitative estimate of drug-likeness (QED) is 0.178. The van der Waals surface area contributed by atoms with E-state index in [4.69, 9.17) is 5.84 Å². The molecule has 0 aliphatic rings. The number of H-pyrrole nitrogens is 1. The number of nitrogens with one attached hydrogen (secondary N) is 3. The zero-order chi connectivity index (χ0) is 10.9. The number of rotatable bonds is 5. The van der Waals surface area contributed by atoms with Crippen molar-refractivity contribution in [3.8, 4) is 0 Å². The minimum Gasteiger partial charge on any atom is -0.356 e. The van der Waals surface area contributed by atoms with Crippen molar-refractivity contribution in [2.75, 3.05) is 13.1 Å². The van der Waals surface area contributed by atoms with Gasteiger partial charge in [0.1, 0.15) is 5.82 Å². The van der Waals surface area contributed by atoms with Gasteiger partial charge in [0.2, 0.25) is 5.96 Å². The Balaban J connectivity index is 2.19. The lowest BCUT2D eigenvalue weighted by molar-refractivity contribution is 0.775. The second kappa shape index (κ2) is 6.83. The third-order valence-electron chi connectivity index (χ3n) is 1.88. The monoisotopic (exact) mass is 210 g/mol. The van der Waals surface area contributed by atoms with Crippen LogP contribution in [0, 0.1) is 0 Å². The zero-order valence-electron chi connectivity index (χ0n) is 8.95. The summed E-state index contributed by atoms with van der Waals surface area (Å²) >= 11 is 0. The Morgan fingerprint density at radius 3 is 3.13 bits per heavy atom. The molecule has 1 heterocycles. The van der Waals surface area contributed by atoms with Crippen molar-refractivity contribution < 1.29 is 0 Å². The average Bonchev–Trinajstić information content (AvgIpc) is 2.75. The third kappa shape index (κ3) is 4.46. The van der Waals surface area contributed by atoms with Crippen LogP contribution in [0.25, 0.3) is 0 Å². The Morgan fingerprint density at radius 1 is 1.67 bits per heavy atom. The average molecular weight is 210 g/mol. The molecule has 0 spiro atoms. The van der Waals surface area contributed by atoms with Crippen LogP contribution in [0.3, 0.4) is 0 Å². The first-order valence-electron chi connectivity index (χ1n) is 5.10. The number of aromatic amines is 1. The first kappa shape index (κ1) is 11.5. The van der Waals surface area contributed by atoms with Gasteiger partial charge in [-0.15, -0.1) is 0 Å². The van der Waals surface area contributed by atoms with Crippen molar-refractivity contribution in [2.45, 2.75) is 19.8 Å². The zero-order valence-corrected chi connectivity index (χ0v) is 8.95. The smallest absolute Gasteiger partial charge is 0.205 e. The molecule has 1 aromatic heterocycles. The second-order valence-corrected chi connectivity index (χ2v) is 3.04. The Morgan fingerprint density at radius 2 is 2.53 bits per heavy atom. The standard InChI is InChI=1S/C9H18N6/c1-2-11-9(15-10)14-5-3-4-8-12-6-7-13-8/h6-7H,2-5,10H2,1H3,(H,12,13)(H2,11,14,15). The molecule has 1 rings (SSSR count). The maximum atomic E-state index is 5.27. The minimum atomic E-state index is 0.636. The van der Waals surface area contributed by atoms with E-state index in [1.165, 1.54) is 0 Å². The van der Waals surface area contributed by atoms with E-state index in [2.05, 4.69) is 25.7 Å². The van der Waals surface area contributed by atoms with Gasteiger partial charge in [0.15, 0.2) is 0 Å². The van der Waals surface area contributed by atoms with E-state index in [1.807, 2.05) is 13.1 Å². The number of nitrogens with zero attached hydrogens (tertiary/aromatic N) is 2. The summed E-state index contributed by atoms with van der Waals surface area (Å²) < 4.78 is 0. The molecule has 6 heteroatoms. The normalized spacial score (nSPS) is 11.5. The highest BCUT2D eigenvalue weighted by Crippen LogP contribution is 1.94. The van der Waals surface area contributed by atoms with E-state index in [0.29, 0.717) is 5.96 Å². The number of hydrogen-bond donors (Lipinski definition) is 4. The molecule has 0 radical (unpaired) electrons. The predicted molar refractivity (Wildman–Crippen MR) is 60.2 cm³/mol. The van der Waals surface area contributed by atoms with Gasteiger partial charge in [0.25, 0.3) is 0 Å². The molecule has 84 valence electrons. The molecular formula is C9H18N6. The molecular weight excluding hydrogens is 192 g/mol. The highest BCUT2D eigenvalue weighted by atomic mass is 15.3. The largest absolute Gasteiger partial charge is 0.356 e. The number of aromatic nitrogens is 2. The highest BCUT2D eigenvalue weighted by molar-refractivity contribution is 5.78. The van der Waals surface area contributed by atoms with Gasteiger partial charge in [-0.3, -0.25) is 10.4 Å². The van der Waals surface area contributed by atoms with Crippen LogP contribution < -0.4 is 16.6 Å². The fourth-order valence-corrected chi connectivity index (χ4v) is 1.19. The number of imidazole rings is 1. The van der Waals surface area contributed by atoms with Crippen LogP contribution in [0.15, 0.2) is 17.4 Å². The van der Waals surface area contributed by atoms with Crippen molar-refractivity contribution in [1.82, 2.24) is 20.7 Å². The first-order chi connectivity index (χ1) is 7.36. The van der Waals surface area contributed by atoms with Crippen LogP contribution in [-0.4, -0.2) is 29.0 Å². The number of hydrogen-bond acceptors (Lipinski definition) is 3. The lowest BCUT2D eigenvalue weighted by atomic mass is 10.3. The predicted octanol–water partition coefficient (Wildman–Crippen LogP) is -0.229. The van der Waals surface area contributed by atoms with Crippen molar-refractivity contribution in [1.29, 1.82) is 0 Å². The lowest BCUT2D eigenvalue weighted by Gasteiger charge is -2.05. The third-order valence-corrected chi connectivity index (χ3v) is 1.88. The van der Waals surface area contributed by atoms with E-state index >= 15 is 0 Å². The molecule has 0 bridgehead atoms. The number of aliphatic imine (C=N–C) groups is 1. The van der Waals surface area contributed by atoms with Gasteiger partial charge in [0.05, 0.1) is 0 Å². The summed E-state index contributed by atoms with van der Waals surface area (Å²) in [5.74, 6) is 6.91. The summed E-state index contributed by atoms with van der Waals surface area (Å²) in [6.45, 7) is 3.53.